The maximum absolute atomic E-state index is 12.0. The first-order valence-electron chi connectivity index (χ1n) is 7.85. The normalized spacial score (nSPS) is 11.0. The summed E-state index contributed by atoms with van der Waals surface area (Å²) in [7, 11) is 1.64. The standard InChI is InChI=1S/C18H20N4O2/c1-12(2)10-17(23)21-16-8-9-19-18-15(11-20-22(16)18)13-4-6-14(24-3)7-5-13/h4-9,11-12H,10H2,1-3H3,(H,21,23). The summed E-state index contributed by atoms with van der Waals surface area (Å²) >= 11 is 0. The Bertz CT molecular complexity index is 853. The number of hydrogen-bond acceptors (Lipinski definition) is 4. The fraction of sp³-hybridized carbons (Fsp3) is 0.278. The third kappa shape index (κ3) is 3.22. The summed E-state index contributed by atoms with van der Waals surface area (Å²) in [5.74, 6) is 1.68. The largest absolute Gasteiger partial charge is 0.497 e. The van der Waals surface area contributed by atoms with Crippen molar-refractivity contribution in [3.05, 3.63) is 42.7 Å². The molecule has 0 spiro atoms. The first kappa shape index (κ1) is 16.0. The number of hydrogen-bond donors (Lipinski definition) is 1. The van der Waals surface area contributed by atoms with Crippen LogP contribution in [0.3, 0.4) is 0 Å². The lowest BCUT2D eigenvalue weighted by molar-refractivity contribution is -0.116. The number of carbonyl (C=O) groups is 1. The van der Waals surface area contributed by atoms with Crippen LogP contribution in [0.4, 0.5) is 5.82 Å². The molecular weight excluding hydrogens is 304 g/mol. The SMILES string of the molecule is COc1ccc(-c2cnn3c(NC(=O)CC(C)C)ccnc23)cc1. The van der Waals surface area contributed by atoms with Gasteiger partial charge < -0.3 is 10.1 Å². The Labute approximate surface area is 140 Å². The van der Waals surface area contributed by atoms with Crippen LogP contribution in [0, 0.1) is 5.92 Å². The van der Waals surface area contributed by atoms with Gasteiger partial charge in [-0.2, -0.15) is 9.61 Å². The first-order chi connectivity index (χ1) is 11.6. The molecule has 6 heteroatoms. The number of ether oxygens (including phenoxy) is 1. The summed E-state index contributed by atoms with van der Waals surface area (Å²) < 4.78 is 6.84. The molecule has 0 atom stereocenters. The fourth-order valence-electron chi connectivity index (χ4n) is 2.53. The zero-order valence-corrected chi connectivity index (χ0v) is 14.0. The van der Waals surface area contributed by atoms with Gasteiger partial charge in [-0.05, 0) is 29.7 Å². The first-order valence-corrected chi connectivity index (χ1v) is 7.85. The van der Waals surface area contributed by atoms with Crippen LogP contribution in [0.15, 0.2) is 42.7 Å². The van der Waals surface area contributed by atoms with Crippen molar-refractivity contribution in [2.24, 2.45) is 5.92 Å². The molecule has 3 aromatic rings. The number of aromatic nitrogens is 3. The number of nitrogens with one attached hydrogen (secondary N) is 1. The van der Waals surface area contributed by atoms with Crippen molar-refractivity contribution in [2.45, 2.75) is 20.3 Å². The Balaban J connectivity index is 1.95. The number of anilines is 1. The molecule has 0 aliphatic carbocycles. The van der Waals surface area contributed by atoms with Gasteiger partial charge in [0.2, 0.25) is 5.91 Å². The number of benzene rings is 1. The topological polar surface area (TPSA) is 68.5 Å². The molecule has 0 unspecified atom stereocenters. The van der Waals surface area contributed by atoms with Crippen LogP contribution in [0.5, 0.6) is 5.75 Å². The van der Waals surface area contributed by atoms with Crippen molar-refractivity contribution in [1.82, 2.24) is 14.6 Å². The summed E-state index contributed by atoms with van der Waals surface area (Å²) in [5.41, 5.74) is 2.59. The number of fused-ring (bicyclic) bond motifs is 1. The van der Waals surface area contributed by atoms with E-state index in [1.54, 1.807) is 30.1 Å². The number of amides is 1. The fourth-order valence-corrected chi connectivity index (χ4v) is 2.53. The maximum Gasteiger partial charge on any atom is 0.225 e. The molecule has 2 heterocycles. The van der Waals surface area contributed by atoms with E-state index in [0.717, 1.165) is 16.9 Å². The van der Waals surface area contributed by atoms with Gasteiger partial charge in [-0.25, -0.2) is 4.98 Å². The van der Waals surface area contributed by atoms with Crippen LogP contribution in [-0.4, -0.2) is 27.6 Å². The Morgan fingerprint density at radius 1 is 1.25 bits per heavy atom. The summed E-state index contributed by atoms with van der Waals surface area (Å²) in [4.78, 5) is 16.4. The summed E-state index contributed by atoms with van der Waals surface area (Å²) in [6, 6.07) is 9.46. The van der Waals surface area contributed by atoms with Gasteiger partial charge in [0.05, 0.1) is 13.3 Å². The number of rotatable bonds is 5. The Hall–Kier alpha value is -2.89. The van der Waals surface area contributed by atoms with E-state index in [9.17, 15) is 4.79 Å². The van der Waals surface area contributed by atoms with Crippen LogP contribution < -0.4 is 10.1 Å². The van der Waals surface area contributed by atoms with Crippen molar-refractivity contribution in [3.63, 3.8) is 0 Å². The molecule has 2 aromatic heterocycles. The van der Waals surface area contributed by atoms with Crippen molar-refractivity contribution < 1.29 is 9.53 Å². The van der Waals surface area contributed by atoms with Crippen molar-refractivity contribution in [1.29, 1.82) is 0 Å². The quantitative estimate of drug-likeness (QED) is 0.781. The summed E-state index contributed by atoms with van der Waals surface area (Å²) in [6.07, 6.45) is 3.90. The molecule has 0 aliphatic rings. The van der Waals surface area contributed by atoms with Gasteiger partial charge in [0.1, 0.15) is 11.6 Å². The Morgan fingerprint density at radius 3 is 2.67 bits per heavy atom. The van der Waals surface area contributed by atoms with Gasteiger partial charge in [-0.1, -0.05) is 26.0 Å². The molecule has 0 saturated carbocycles. The minimum absolute atomic E-state index is 0.0287. The number of carbonyl (C=O) groups excluding carboxylic acids is 1. The zero-order valence-electron chi connectivity index (χ0n) is 14.0. The van der Waals surface area contributed by atoms with Crippen LogP contribution in [-0.2, 0) is 4.79 Å². The van der Waals surface area contributed by atoms with Gasteiger partial charge in [-0.3, -0.25) is 4.79 Å². The minimum atomic E-state index is -0.0287. The molecule has 0 fully saturated rings. The average molecular weight is 324 g/mol. The third-order valence-electron chi connectivity index (χ3n) is 3.66. The molecule has 0 radical (unpaired) electrons. The molecule has 0 saturated heterocycles. The maximum atomic E-state index is 12.0. The minimum Gasteiger partial charge on any atom is -0.497 e. The molecule has 0 aliphatic heterocycles. The van der Waals surface area contributed by atoms with Gasteiger partial charge in [0.25, 0.3) is 0 Å². The van der Waals surface area contributed by atoms with E-state index >= 15 is 0 Å². The molecule has 0 bridgehead atoms. The lowest BCUT2D eigenvalue weighted by Crippen LogP contribution is -2.16. The van der Waals surface area contributed by atoms with Crippen molar-refractivity contribution in [3.8, 4) is 16.9 Å². The number of nitrogens with zero attached hydrogens (tertiary/aromatic N) is 3. The van der Waals surface area contributed by atoms with Gasteiger partial charge in [-0.15, -0.1) is 0 Å². The predicted molar refractivity (Wildman–Crippen MR) is 93.1 cm³/mol. The van der Waals surface area contributed by atoms with Crippen LogP contribution in [0.2, 0.25) is 0 Å². The van der Waals surface area contributed by atoms with Crippen molar-refractivity contribution >= 4 is 17.4 Å². The van der Waals surface area contributed by atoms with E-state index in [-0.39, 0.29) is 5.91 Å². The number of methoxy groups -OCH3 is 1. The van der Waals surface area contributed by atoms with Gasteiger partial charge in [0, 0.05) is 18.2 Å². The van der Waals surface area contributed by atoms with E-state index in [0.29, 0.717) is 23.8 Å². The van der Waals surface area contributed by atoms with Crippen LogP contribution in [0.25, 0.3) is 16.8 Å². The molecular formula is C18H20N4O2. The van der Waals surface area contributed by atoms with Crippen LogP contribution >= 0.6 is 0 Å². The second-order valence-electron chi connectivity index (χ2n) is 6.00. The van der Waals surface area contributed by atoms with E-state index in [1.807, 2.05) is 38.1 Å². The van der Waals surface area contributed by atoms with E-state index < -0.39 is 0 Å². The summed E-state index contributed by atoms with van der Waals surface area (Å²) in [6.45, 7) is 4.02. The van der Waals surface area contributed by atoms with Crippen LogP contribution in [0.1, 0.15) is 20.3 Å². The highest BCUT2D eigenvalue weighted by molar-refractivity contribution is 5.90. The van der Waals surface area contributed by atoms with Gasteiger partial charge >= 0.3 is 0 Å². The van der Waals surface area contributed by atoms with E-state index in [4.69, 9.17) is 4.74 Å². The highest BCUT2D eigenvalue weighted by Gasteiger charge is 2.13. The van der Waals surface area contributed by atoms with Gasteiger partial charge in [0.15, 0.2) is 5.65 Å². The molecule has 24 heavy (non-hydrogen) atoms. The lowest BCUT2D eigenvalue weighted by Gasteiger charge is -2.08. The van der Waals surface area contributed by atoms with Crippen molar-refractivity contribution in [2.75, 3.05) is 12.4 Å². The monoisotopic (exact) mass is 324 g/mol. The summed E-state index contributed by atoms with van der Waals surface area (Å²) in [5, 5.41) is 7.28. The average Bonchev–Trinajstić information content (AvgIpc) is 2.99. The predicted octanol–water partition coefficient (Wildman–Crippen LogP) is 3.39. The van der Waals surface area contributed by atoms with E-state index in [1.165, 1.54) is 0 Å². The van der Waals surface area contributed by atoms with E-state index in [2.05, 4.69) is 15.4 Å². The third-order valence-corrected chi connectivity index (χ3v) is 3.66. The lowest BCUT2D eigenvalue weighted by atomic mass is 10.1. The second-order valence-corrected chi connectivity index (χ2v) is 6.00. The molecule has 6 nitrogen and oxygen atoms in total. The highest BCUT2D eigenvalue weighted by atomic mass is 16.5. The molecule has 124 valence electrons. The second kappa shape index (κ2) is 6.70. The molecule has 1 amide bonds. The zero-order chi connectivity index (χ0) is 17.1. The molecule has 1 N–H and O–H groups in total. The highest BCUT2D eigenvalue weighted by Crippen LogP contribution is 2.26. The Kier molecular flexibility index (Phi) is 4.46. The molecule has 1 aromatic carbocycles. The smallest absolute Gasteiger partial charge is 0.225 e. The molecule has 3 rings (SSSR count). The Morgan fingerprint density at radius 2 is 2.00 bits per heavy atom.